The van der Waals surface area contributed by atoms with Gasteiger partial charge in [0.25, 0.3) is 0 Å². The normalized spacial score (nSPS) is 13.5. The first kappa shape index (κ1) is 31.4. The van der Waals surface area contributed by atoms with Crippen molar-refractivity contribution in [2.24, 2.45) is 0 Å². The molecule has 0 bridgehead atoms. The zero-order valence-electron chi connectivity index (χ0n) is 22.2. The maximum Gasteiger partial charge on any atom is 0.305 e. The number of carboxylic acids is 1. The maximum absolute atomic E-state index is 13.9. The molecule has 3 aromatic rings. The van der Waals surface area contributed by atoms with E-state index in [1.54, 1.807) is 18.4 Å². The largest absolute Gasteiger partial charge is 0.481 e. The number of sulfonamides is 1. The van der Waals surface area contributed by atoms with Crippen molar-refractivity contribution >= 4 is 16.0 Å². The summed E-state index contributed by atoms with van der Waals surface area (Å²) in [6.07, 6.45) is -3.09. The summed E-state index contributed by atoms with van der Waals surface area (Å²) in [5, 5.41) is 38.8. The average molecular weight is 581 g/mol. The molecule has 0 unspecified atom stereocenters. The third-order valence-electron chi connectivity index (χ3n) is 6.37. The molecule has 40 heavy (non-hydrogen) atoms. The van der Waals surface area contributed by atoms with Gasteiger partial charge in [-0.25, -0.2) is 21.9 Å². The molecule has 2 aromatic carbocycles. The molecule has 218 valence electrons. The predicted octanol–water partition coefficient (Wildman–Crippen LogP) is 3.47. The minimum absolute atomic E-state index is 0.0334. The predicted molar refractivity (Wildman–Crippen MR) is 145 cm³/mol. The van der Waals surface area contributed by atoms with Gasteiger partial charge in [0.2, 0.25) is 10.0 Å². The molecule has 0 spiro atoms. The molecule has 0 aliphatic carbocycles. The molecule has 0 aliphatic heterocycles. The van der Waals surface area contributed by atoms with Crippen molar-refractivity contribution in [3.8, 4) is 22.4 Å². The van der Waals surface area contributed by atoms with Gasteiger partial charge in [0.1, 0.15) is 16.5 Å². The Morgan fingerprint density at radius 2 is 1.50 bits per heavy atom. The van der Waals surface area contributed by atoms with Crippen molar-refractivity contribution in [1.82, 2.24) is 9.29 Å². The molecule has 2 atom stereocenters. The van der Waals surface area contributed by atoms with Gasteiger partial charge in [-0.3, -0.25) is 4.79 Å². The molecule has 12 heteroatoms. The first-order valence-electron chi connectivity index (χ1n) is 12.8. The summed E-state index contributed by atoms with van der Waals surface area (Å²) < 4.78 is 59.3. The summed E-state index contributed by atoms with van der Waals surface area (Å²) in [6, 6.07) is 10.7. The van der Waals surface area contributed by atoms with E-state index in [4.69, 9.17) is 5.11 Å². The van der Waals surface area contributed by atoms with Crippen LogP contribution in [0.2, 0.25) is 0 Å². The number of nitrogens with zero attached hydrogens (tertiary/aromatic N) is 1. The number of hydrogen-bond acceptors (Lipinski definition) is 6. The molecule has 9 nitrogen and oxygen atoms in total. The molecule has 0 fully saturated rings. The lowest BCUT2D eigenvalue weighted by molar-refractivity contribution is -0.139. The average Bonchev–Trinajstić information content (AvgIpc) is 3.23. The molecule has 3 rings (SSSR count). The Hall–Kier alpha value is -3.16. The molecule has 1 heterocycles. The fourth-order valence-corrected chi connectivity index (χ4v) is 6.34. The van der Waals surface area contributed by atoms with E-state index in [1.165, 1.54) is 48.5 Å². The van der Waals surface area contributed by atoms with Crippen LogP contribution in [0.5, 0.6) is 0 Å². The Balaban J connectivity index is 2.29. The van der Waals surface area contributed by atoms with Crippen molar-refractivity contribution in [3.63, 3.8) is 0 Å². The van der Waals surface area contributed by atoms with E-state index in [1.807, 2.05) is 0 Å². The number of hydrogen-bond donors (Lipinski definition) is 5. The lowest BCUT2D eigenvalue weighted by atomic mass is 10.00. The van der Waals surface area contributed by atoms with Crippen molar-refractivity contribution in [3.05, 3.63) is 65.9 Å². The van der Waals surface area contributed by atoms with Gasteiger partial charge in [-0.1, -0.05) is 26.0 Å². The van der Waals surface area contributed by atoms with E-state index in [9.17, 15) is 37.3 Å². The van der Waals surface area contributed by atoms with Crippen LogP contribution in [0.25, 0.3) is 22.4 Å². The number of halogens is 2. The van der Waals surface area contributed by atoms with Crippen molar-refractivity contribution < 1.29 is 42.4 Å². The Morgan fingerprint density at radius 3 is 2.00 bits per heavy atom. The van der Waals surface area contributed by atoms with E-state index >= 15 is 0 Å². The molecule has 0 radical (unpaired) electrons. The summed E-state index contributed by atoms with van der Waals surface area (Å²) in [4.78, 5) is 10.8. The molecular formula is C28H34F2N2O7S. The van der Waals surface area contributed by atoms with E-state index in [2.05, 4.69) is 4.72 Å². The number of carboxylic acid groups (broad SMARTS) is 1. The molecule has 0 amide bonds. The van der Waals surface area contributed by atoms with Crippen LogP contribution in [-0.2, 0) is 21.4 Å². The van der Waals surface area contributed by atoms with Crippen LogP contribution in [0, 0.1) is 11.6 Å². The lowest BCUT2D eigenvalue weighted by Gasteiger charge is -2.20. The van der Waals surface area contributed by atoms with Crippen LogP contribution < -0.4 is 4.72 Å². The fraction of sp³-hybridized carbons (Fsp3) is 0.393. The number of benzene rings is 2. The zero-order chi connectivity index (χ0) is 29.6. The van der Waals surface area contributed by atoms with Gasteiger partial charge in [-0.05, 0) is 66.3 Å². The molecule has 1 aromatic heterocycles. The van der Waals surface area contributed by atoms with Crippen LogP contribution >= 0.6 is 0 Å². The Bertz CT molecular complexity index is 1410. The first-order valence-corrected chi connectivity index (χ1v) is 14.3. The monoisotopic (exact) mass is 580 g/mol. The lowest BCUT2D eigenvalue weighted by Crippen LogP contribution is -2.28. The van der Waals surface area contributed by atoms with Gasteiger partial charge in [-0.15, -0.1) is 0 Å². The van der Waals surface area contributed by atoms with Gasteiger partial charge in [0.15, 0.2) is 0 Å². The second-order valence-corrected chi connectivity index (χ2v) is 11.5. The van der Waals surface area contributed by atoms with Crippen LogP contribution in [0.3, 0.4) is 0 Å². The van der Waals surface area contributed by atoms with E-state index in [-0.39, 0.29) is 42.3 Å². The van der Waals surface area contributed by atoms with Crippen LogP contribution in [-0.4, -0.2) is 64.7 Å². The third kappa shape index (κ3) is 7.52. The standard InChI is InChI=1S/C28H34F2N2O7S/c1-17(2)26-28(40(38,39)31-12-14-33)25(18-3-7-20(29)8-4-18)27(19-5-9-21(30)10-6-19)32(26)13-11-22(34)15-23(35)16-24(36)37/h3-10,17,22-23,31,33-35H,11-16H2,1-2H3,(H,36,37)/t22-,23-/m1/s1. The second-order valence-electron chi connectivity index (χ2n) is 9.81. The highest BCUT2D eigenvalue weighted by atomic mass is 32.2. The minimum atomic E-state index is -4.24. The maximum atomic E-state index is 13.9. The first-order chi connectivity index (χ1) is 18.9. The van der Waals surface area contributed by atoms with E-state index in [0.717, 1.165) is 0 Å². The number of rotatable bonds is 14. The Kier molecular flexibility index (Phi) is 10.6. The Morgan fingerprint density at radius 1 is 0.950 bits per heavy atom. The van der Waals surface area contributed by atoms with E-state index in [0.29, 0.717) is 22.5 Å². The number of aliphatic hydroxyl groups is 3. The molecule has 0 saturated heterocycles. The van der Waals surface area contributed by atoms with Crippen molar-refractivity contribution in [2.45, 2.75) is 62.7 Å². The van der Waals surface area contributed by atoms with Gasteiger partial charge in [-0.2, -0.15) is 0 Å². The third-order valence-corrected chi connectivity index (χ3v) is 7.90. The topological polar surface area (TPSA) is 149 Å². The second kappa shape index (κ2) is 13.5. The van der Waals surface area contributed by atoms with Gasteiger partial charge < -0.3 is 25.0 Å². The van der Waals surface area contributed by atoms with E-state index < -0.39 is 52.9 Å². The SMILES string of the molecule is CC(C)c1c(S(=O)(=O)NCCO)c(-c2ccc(F)cc2)c(-c2ccc(F)cc2)n1CC[C@@H](O)C[C@@H](O)CC(=O)O. The van der Waals surface area contributed by atoms with Crippen LogP contribution in [0.4, 0.5) is 8.78 Å². The highest BCUT2D eigenvalue weighted by Crippen LogP contribution is 2.44. The fourth-order valence-electron chi connectivity index (χ4n) is 4.73. The molecule has 0 aliphatic rings. The van der Waals surface area contributed by atoms with Crippen molar-refractivity contribution in [2.75, 3.05) is 13.2 Å². The van der Waals surface area contributed by atoms with Crippen molar-refractivity contribution in [1.29, 1.82) is 0 Å². The number of aliphatic hydroxyl groups excluding tert-OH is 3. The highest BCUT2D eigenvalue weighted by Gasteiger charge is 2.34. The molecule has 0 saturated carbocycles. The minimum Gasteiger partial charge on any atom is -0.481 e. The quantitative estimate of drug-likeness (QED) is 0.196. The summed E-state index contributed by atoms with van der Waals surface area (Å²) in [6.45, 7) is 2.93. The van der Waals surface area contributed by atoms with Gasteiger partial charge in [0, 0.05) is 24.3 Å². The molecule has 5 N–H and O–H groups in total. The summed E-state index contributed by atoms with van der Waals surface area (Å²) in [5.41, 5.74) is 1.83. The zero-order valence-corrected chi connectivity index (χ0v) is 23.0. The number of carbonyl (C=O) groups is 1. The number of nitrogens with one attached hydrogen (secondary N) is 1. The summed E-state index contributed by atoms with van der Waals surface area (Å²) >= 11 is 0. The van der Waals surface area contributed by atoms with Gasteiger partial charge in [0.05, 0.1) is 30.9 Å². The summed E-state index contributed by atoms with van der Waals surface area (Å²) in [7, 11) is -4.24. The smallest absolute Gasteiger partial charge is 0.305 e. The highest BCUT2D eigenvalue weighted by molar-refractivity contribution is 7.89. The number of aliphatic carboxylic acids is 1. The molecular weight excluding hydrogens is 546 g/mol. The Labute approximate surface area is 231 Å². The van der Waals surface area contributed by atoms with Crippen LogP contribution in [0.1, 0.15) is 44.7 Å². The van der Waals surface area contributed by atoms with Crippen LogP contribution in [0.15, 0.2) is 53.4 Å². The summed E-state index contributed by atoms with van der Waals surface area (Å²) in [5.74, 6) is -2.63. The number of aromatic nitrogens is 1. The van der Waals surface area contributed by atoms with Gasteiger partial charge >= 0.3 is 5.97 Å².